The van der Waals surface area contributed by atoms with Crippen LogP contribution in [0.15, 0.2) is 24.3 Å². The quantitative estimate of drug-likeness (QED) is 0.747. The third kappa shape index (κ3) is 5.70. The number of hydrogen-bond acceptors (Lipinski definition) is 2. The van der Waals surface area contributed by atoms with Crippen LogP contribution in [0.5, 0.6) is 5.75 Å². The fourth-order valence-electron chi connectivity index (χ4n) is 3.09. The Labute approximate surface area is 130 Å². The van der Waals surface area contributed by atoms with Crippen LogP contribution in [-0.2, 0) is 6.42 Å². The molecular weight excluding hydrogens is 258 g/mol. The Morgan fingerprint density at radius 2 is 1.90 bits per heavy atom. The Morgan fingerprint density at radius 3 is 2.62 bits per heavy atom. The summed E-state index contributed by atoms with van der Waals surface area (Å²) in [7, 11) is 0. The molecule has 0 amide bonds. The summed E-state index contributed by atoms with van der Waals surface area (Å²) < 4.78 is 6.18. The Morgan fingerprint density at radius 1 is 1.10 bits per heavy atom. The lowest BCUT2D eigenvalue weighted by Gasteiger charge is -2.30. The van der Waals surface area contributed by atoms with Gasteiger partial charge in [-0.05, 0) is 69.2 Å². The molecule has 118 valence electrons. The van der Waals surface area contributed by atoms with Crippen molar-refractivity contribution < 1.29 is 4.74 Å². The van der Waals surface area contributed by atoms with Crippen LogP contribution < -0.4 is 10.1 Å². The fraction of sp³-hybridized carbons (Fsp3) is 0.684. The number of aryl methyl sites for hydroxylation is 1. The van der Waals surface area contributed by atoms with E-state index < -0.39 is 0 Å². The van der Waals surface area contributed by atoms with Crippen LogP contribution in [0.3, 0.4) is 0 Å². The number of rotatable bonds is 8. The first kappa shape index (κ1) is 16.4. The maximum Gasteiger partial charge on any atom is 0.119 e. The molecule has 1 fully saturated rings. The van der Waals surface area contributed by atoms with E-state index in [1.807, 2.05) is 0 Å². The standard InChI is InChI=1S/C19H31NO/c1-3-5-7-16-10-12-18(13-11-16)21-19-9-6-8-17(15-19)20-14-4-2/h10-13,17,19-20H,3-9,14-15H2,1-2H3. The third-order valence-electron chi connectivity index (χ3n) is 4.35. The van der Waals surface area contributed by atoms with E-state index in [9.17, 15) is 0 Å². The van der Waals surface area contributed by atoms with Crippen molar-refractivity contribution >= 4 is 0 Å². The molecule has 1 saturated carbocycles. The third-order valence-corrected chi connectivity index (χ3v) is 4.35. The first-order valence-corrected chi connectivity index (χ1v) is 8.80. The van der Waals surface area contributed by atoms with Gasteiger partial charge in [0, 0.05) is 6.04 Å². The molecule has 2 heteroatoms. The van der Waals surface area contributed by atoms with Gasteiger partial charge >= 0.3 is 0 Å². The molecular formula is C19H31NO. The van der Waals surface area contributed by atoms with Crippen molar-refractivity contribution in [2.45, 2.75) is 77.4 Å². The van der Waals surface area contributed by atoms with E-state index in [0.717, 1.165) is 18.7 Å². The highest BCUT2D eigenvalue weighted by molar-refractivity contribution is 5.27. The van der Waals surface area contributed by atoms with Gasteiger partial charge in [0.2, 0.25) is 0 Å². The number of hydrogen-bond donors (Lipinski definition) is 1. The lowest BCUT2D eigenvalue weighted by atomic mass is 9.92. The molecule has 2 atom stereocenters. The maximum absolute atomic E-state index is 6.18. The van der Waals surface area contributed by atoms with Gasteiger partial charge in [0.25, 0.3) is 0 Å². The van der Waals surface area contributed by atoms with Crippen molar-refractivity contribution in [2.75, 3.05) is 6.54 Å². The van der Waals surface area contributed by atoms with Crippen LogP contribution in [0.2, 0.25) is 0 Å². The molecule has 0 bridgehead atoms. The Hall–Kier alpha value is -1.02. The summed E-state index contributed by atoms with van der Waals surface area (Å²) in [5.41, 5.74) is 1.43. The van der Waals surface area contributed by atoms with Gasteiger partial charge in [-0.15, -0.1) is 0 Å². The van der Waals surface area contributed by atoms with Gasteiger partial charge in [0.05, 0.1) is 0 Å². The summed E-state index contributed by atoms with van der Waals surface area (Å²) in [6.45, 7) is 5.59. The zero-order chi connectivity index (χ0) is 14.9. The molecule has 0 heterocycles. The molecule has 0 saturated heterocycles. The molecule has 1 aliphatic carbocycles. The van der Waals surface area contributed by atoms with Gasteiger partial charge in [-0.2, -0.15) is 0 Å². The minimum Gasteiger partial charge on any atom is -0.490 e. The minimum absolute atomic E-state index is 0.384. The zero-order valence-corrected chi connectivity index (χ0v) is 13.7. The van der Waals surface area contributed by atoms with Gasteiger partial charge in [0.15, 0.2) is 0 Å². The van der Waals surface area contributed by atoms with Gasteiger partial charge in [0.1, 0.15) is 11.9 Å². The minimum atomic E-state index is 0.384. The second-order valence-electron chi connectivity index (χ2n) is 6.31. The molecule has 1 N–H and O–H groups in total. The van der Waals surface area contributed by atoms with Crippen molar-refractivity contribution in [3.63, 3.8) is 0 Å². The highest BCUT2D eigenvalue weighted by Gasteiger charge is 2.22. The van der Waals surface area contributed by atoms with Crippen molar-refractivity contribution in [3.8, 4) is 5.75 Å². The summed E-state index contributed by atoms with van der Waals surface area (Å²) in [4.78, 5) is 0. The number of benzene rings is 1. The largest absolute Gasteiger partial charge is 0.490 e. The molecule has 0 radical (unpaired) electrons. The molecule has 0 aliphatic heterocycles. The molecule has 1 aromatic rings. The number of unbranched alkanes of at least 4 members (excludes halogenated alkanes) is 1. The van der Waals surface area contributed by atoms with E-state index in [1.54, 1.807) is 0 Å². The second kappa shape index (κ2) is 9.09. The number of ether oxygens (including phenoxy) is 1. The lowest BCUT2D eigenvalue weighted by Crippen LogP contribution is -2.38. The lowest BCUT2D eigenvalue weighted by molar-refractivity contribution is 0.135. The summed E-state index contributed by atoms with van der Waals surface area (Å²) in [6, 6.07) is 9.39. The normalized spacial score (nSPS) is 22.2. The Balaban J connectivity index is 1.80. The first-order chi connectivity index (χ1) is 10.3. The van der Waals surface area contributed by atoms with E-state index >= 15 is 0 Å². The van der Waals surface area contributed by atoms with E-state index in [-0.39, 0.29) is 0 Å². The Bertz CT molecular complexity index is 387. The van der Waals surface area contributed by atoms with E-state index in [2.05, 4.69) is 43.4 Å². The van der Waals surface area contributed by atoms with Gasteiger partial charge in [-0.1, -0.05) is 32.4 Å². The van der Waals surface area contributed by atoms with Crippen molar-refractivity contribution in [1.29, 1.82) is 0 Å². The summed E-state index contributed by atoms with van der Waals surface area (Å²) in [5, 5.41) is 3.64. The first-order valence-electron chi connectivity index (χ1n) is 8.80. The van der Waals surface area contributed by atoms with Crippen LogP contribution >= 0.6 is 0 Å². The molecule has 2 rings (SSSR count). The molecule has 0 spiro atoms. The van der Waals surface area contributed by atoms with E-state index in [4.69, 9.17) is 4.74 Å². The fourth-order valence-corrected chi connectivity index (χ4v) is 3.09. The van der Waals surface area contributed by atoms with Crippen LogP contribution in [0.4, 0.5) is 0 Å². The van der Waals surface area contributed by atoms with Gasteiger partial charge in [-0.25, -0.2) is 0 Å². The van der Waals surface area contributed by atoms with Gasteiger partial charge in [-0.3, -0.25) is 0 Å². The van der Waals surface area contributed by atoms with Crippen LogP contribution in [0.25, 0.3) is 0 Å². The summed E-state index contributed by atoms with van der Waals surface area (Å²) in [6.07, 6.45) is 10.2. The Kier molecular flexibility index (Phi) is 7.08. The molecule has 21 heavy (non-hydrogen) atoms. The molecule has 2 unspecified atom stereocenters. The average molecular weight is 289 g/mol. The SMILES string of the molecule is CCCCc1ccc(OC2CCCC(NCCC)C2)cc1. The second-order valence-corrected chi connectivity index (χ2v) is 6.31. The maximum atomic E-state index is 6.18. The summed E-state index contributed by atoms with van der Waals surface area (Å²) >= 11 is 0. The average Bonchev–Trinajstić information content (AvgIpc) is 2.53. The van der Waals surface area contributed by atoms with Crippen LogP contribution in [0, 0.1) is 0 Å². The molecule has 0 aromatic heterocycles. The highest BCUT2D eigenvalue weighted by Crippen LogP contribution is 2.24. The highest BCUT2D eigenvalue weighted by atomic mass is 16.5. The topological polar surface area (TPSA) is 21.3 Å². The smallest absolute Gasteiger partial charge is 0.119 e. The van der Waals surface area contributed by atoms with Crippen molar-refractivity contribution in [1.82, 2.24) is 5.32 Å². The zero-order valence-electron chi connectivity index (χ0n) is 13.7. The van der Waals surface area contributed by atoms with E-state index in [0.29, 0.717) is 12.1 Å². The summed E-state index contributed by atoms with van der Waals surface area (Å²) in [5.74, 6) is 1.04. The molecule has 2 nitrogen and oxygen atoms in total. The van der Waals surface area contributed by atoms with Crippen LogP contribution in [-0.4, -0.2) is 18.7 Å². The molecule has 1 aliphatic rings. The van der Waals surface area contributed by atoms with Crippen LogP contribution in [0.1, 0.15) is 64.4 Å². The number of nitrogens with one attached hydrogen (secondary N) is 1. The van der Waals surface area contributed by atoms with Gasteiger partial charge < -0.3 is 10.1 Å². The predicted octanol–water partition coefficient (Wildman–Crippen LogP) is 4.72. The monoisotopic (exact) mass is 289 g/mol. The van der Waals surface area contributed by atoms with Crippen molar-refractivity contribution in [2.24, 2.45) is 0 Å². The predicted molar refractivity (Wildman–Crippen MR) is 90.0 cm³/mol. The van der Waals surface area contributed by atoms with E-state index in [1.165, 1.54) is 50.5 Å². The molecule has 1 aromatic carbocycles. The van der Waals surface area contributed by atoms with Crippen molar-refractivity contribution in [3.05, 3.63) is 29.8 Å².